The second kappa shape index (κ2) is 13.8. The van der Waals surface area contributed by atoms with Gasteiger partial charge in [0.25, 0.3) is 0 Å². The van der Waals surface area contributed by atoms with Crippen LogP contribution in [-0.4, -0.2) is 4.57 Å². The number of para-hydroxylation sites is 1. The van der Waals surface area contributed by atoms with Crippen molar-refractivity contribution in [3.63, 3.8) is 0 Å². The minimum absolute atomic E-state index is 0.0961. The number of hydrogen-bond donors (Lipinski definition) is 0. The van der Waals surface area contributed by atoms with Crippen molar-refractivity contribution in [1.29, 1.82) is 0 Å². The van der Waals surface area contributed by atoms with Crippen LogP contribution in [-0.2, 0) is 5.41 Å². The fourth-order valence-electron chi connectivity index (χ4n) is 8.67. The highest BCUT2D eigenvalue weighted by Crippen LogP contribution is 2.54. The molecule has 1 atom stereocenters. The van der Waals surface area contributed by atoms with Gasteiger partial charge in [-0.3, -0.25) is 0 Å². The third kappa shape index (κ3) is 5.90. The molecule has 0 amide bonds. The average molecular weight is 711 g/mol. The Labute approximate surface area is 325 Å². The van der Waals surface area contributed by atoms with Crippen LogP contribution >= 0.6 is 0 Å². The number of benzene rings is 6. The van der Waals surface area contributed by atoms with Crippen molar-refractivity contribution in [3.05, 3.63) is 199 Å². The summed E-state index contributed by atoms with van der Waals surface area (Å²) >= 11 is 0. The molecule has 55 heavy (non-hydrogen) atoms. The van der Waals surface area contributed by atoms with E-state index in [1.807, 2.05) is 25.2 Å². The Morgan fingerprint density at radius 1 is 0.727 bits per heavy atom. The molecule has 0 saturated carbocycles. The maximum atomic E-state index is 4.34. The fourth-order valence-corrected chi connectivity index (χ4v) is 8.67. The number of aromatic nitrogens is 1. The molecule has 0 fully saturated rings. The molecular weight excluding hydrogens is 665 g/mol. The summed E-state index contributed by atoms with van der Waals surface area (Å²) in [4.78, 5) is 2.42. The molecule has 2 aliphatic rings. The third-order valence-corrected chi connectivity index (χ3v) is 11.6. The van der Waals surface area contributed by atoms with Gasteiger partial charge in [0, 0.05) is 38.8 Å². The second-order valence-electron chi connectivity index (χ2n) is 15.5. The largest absolute Gasteiger partial charge is 0.310 e. The summed E-state index contributed by atoms with van der Waals surface area (Å²) in [6, 6.07) is 49.4. The van der Waals surface area contributed by atoms with Crippen LogP contribution in [0.4, 0.5) is 17.1 Å². The maximum absolute atomic E-state index is 4.34. The van der Waals surface area contributed by atoms with Gasteiger partial charge in [0.05, 0.1) is 16.7 Å². The van der Waals surface area contributed by atoms with Crippen molar-refractivity contribution in [3.8, 4) is 22.3 Å². The first-order chi connectivity index (χ1) is 26.8. The zero-order chi connectivity index (χ0) is 37.7. The van der Waals surface area contributed by atoms with Crippen LogP contribution in [0.3, 0.4) is 0 Å². The SMILES string of the molecule is C=C(/C=C\C=C/C)c1ccc(N(c2ccc(-c3ccc4c5ccccc5n(C5=CCC(C)C=C5)c4c3)cc2)c2cccc3c2-c2ccccc2C3(C)C)cc1. The van der Waals surface area contributed by atoms with Crippen molar-refractivity contribution in [2.45, 2.75) is 39.5 Å². The Bertz CT molecular complexity index is 2730. The summed E-state index contributed by atoms with van der Waals surface area (Å²) in [5, 5.41) is 2.56. The maximum Gasteiger partial charge on any atom is 0.0547 e. The molecule has 1 unspecified atom stereocenters. The molecule has 0 spiro atoms. The predicted octanol–water partition coefficient (Wildman–Crippen LogP) is 14.8. The van der Waals surface area contributed by atoms with Gasteiger partial charge in [0.2, 0.25) is 0 Å². The third-order valence-electron chi connectivity index (χ3n) is 11.6. The highest BCUT2D eigenvalue weighted by atomic mass is 15.1. The summed E-state index contributed by atoms with van der Waals surface area (Å²) in [7, 11) is 0. The molecule has 1 heterocycles. The van der Waals surface area contributed by atoms with Crippen molar-refractivity contribution in [1.82, 2.24) is 4.57 Å². The Morgan fingerprint density at radius 3 is 2.18 bits per heavy atom. The fraction of sp³-hybridized carbons (Fsp3) is 0.132. The van der Waals surface area contributed by atoms with Crippen molar-refractivity contribution < 1.29 is 0 Å². The van der Waals surface area contributed by atoms with Gasteiger partial charge in [0.15, 0.2) is 0 Å². The van der Waals surface area contributed by atoms with E-state index >= 15 is 0 Å². The molecule has 2 aliphatic carbocycles. The number of allylic oxidation sites excluding steroid dienone is 9. The van der Waals surface area contributed by atoms with Crippen molar-refractivity contribution in [2.75, 3.05) is 4.90 Å². The molecule has 268 valence electrons. The van der Waals surface area contributed by atoms with Gasteiger partial charge in [-0.25, -0.2) is 0 Å². The molecule has 6 aromatic carbocycles. The number of hydrogen-bond acceptors (Lipinski definition) is 1. The van der Waals surface area contributed by atoms with Crippen LogP contribution in [0.15, 0.2) is 183 Å². The minimum atomic E-state index is -0.0961. The predicted molar refractivity (Wildman–Crippen MR) is 237 cm³/mol. The molecule has 0 radical (unpaired) electrons. The van der Waals surface area contributed by atoms with Gasteiger partial charge < -0.3 is 9.47 Å². The summed E-state index contributed by atoms with van der Waals surface area (Å²) in [5.41, 5.74) is 16.8. The first-order valence-electron chi connectivity index (χ1n) is 19.5. The van der Waals surface area contributed by atoms with E-state index in [0.29, 0.717) is 5.92 Å². The molecule has 0 aliphatic heterocycles. The van der Waals surface area contributed by atoms with Gasteiger partial charge in [0.1, 0.15) is 0 Å². The highest BCUT2D eigenvalue weighted by Gasteiger charge is 2.37. The smallest absolute Gasteiger partial charge is 0.0547 e. The van der Waals surface area contributed by atoms with Crippen LogP contribution in [0, 0.1) is 5.92 Å². The van der Waals surface area contributed by atoms with E-state index in [9.17, 15) is 0 Å². The van der Waals surface area contributed by atoms with Crippen molar-refractivity contribution in [2.24, 2.45) is 5.92 Å². The van der Waals surface area contributed by atoms with Gasteiger partial charge in [-0.15, -0.1) is 0 Å². The Kier molecular flexibility index (Phi) is 8.63. The quantitative estimate of drug-likeness (QED) is 0.143. The number of anilines is 3. The lowest BCUT2D eigenvalue weighted by molar-refractivity contribution is 0.660. The van der Waals surface area contributed by atoms with Crippen LogP contribution in [0.25, 0.3) is 55.3 Å². The Hall–Kier alpha value is -6.38. The minimum Gasteiger partial charge on any atom is -0.310 e. The van der Waals surface area contributed by atoms with Crippen LogP contribution < -0.4 is 4.90 Å². The van der Waals surface area contributed by atoms with Crippen molar-refractivity contribution >= 4 is 50.1 Å². The molecule has 2 nitrogen and oxygen atoms in total. The van der Waals surface area contributed by atoms with Gasteiger partial charge >= 0.3 is 0 Å². The molecular formula is C53H46N2. The summed E-state index contributed by atoms with van der Waals surface area (Å²) in [6.45, 7) is 13.3. The highest BCUT2D eigenvalue weighted by molar-refractivity contribution is 6.11. The Morgan fingerprint density at radius 2 is 1.42 bits per heavy atom. The summed E-state index contributed by atoms with van der Waals surface area (Å²) in [5.74, 6) is 0.561. The monoisotopic (exact) mass is 710 g/mol. The first kappa shape index (κ1) is 34.4. The van der Waals surface area contributed by atoms with Gasteiger partial charge in [-0.2, -0.15) is 0 Å². The average Bonchev–Trinajstić information content (AvgIpc) is 3.67. The molecule has 0 saturated heterocycles. The summed E-state index contributed by atoms with van der Waals surface area (Å²) < 4.78 is 2.44. The standard InChI is InChI=1S/C53H46N2/c1-6-7-8-14-37(3)38-23-30-41(31-24-38)54(50-20-13-18-48-52(50)46-16-9-11-17-47(46)53(48,4)5)42-32-25-39(26-33-42)40-27-34-45-44-15-10-12-19-49(44)55(51(45)35-40)43-28-21-36(2)22-29-43/h6-21,23-36H,3,22H2,1-2,4-5H3/b7-6-,14-8-. The van der Waals surface area contributed by atoms with E-state index in [1.54, 1.807) is 0 Å². The van der Waals surface area contributed by atoms with E-state index < -0.39 is 0 Å². The van der Waals surface area contributed by atoms with E-state index in [1.165, 1.54) is 66.6 Å². The lowest BCUT2D eigenvalue weighted by Gasteiger charge is -2.29. The number of nitrogens with zero attached hydrogens (tertiary/aromatic N) is 2. The van der Waals surface area contributed by atoms with E-state index in [0.717, 1.165) is 28.9 Å². The molecule has 0 bridgehead atoms. The van der Waals surface area contributed by atoms with Gasteiger partial charge in [-0.05, 0) is 107 Å². The Balaban J connectivity index is 1.16. The normalized spacial score (nSPS) is 15.9. The summed E-state index contributed by atoms with van der Waals surface area (Å²) in [6.07, 6.45) is 16.2. The van der Waals surface area contributed by atoms with E-state index in [-0.39, 0.29) is 5.41 Å². The molecule has 0 N–H and O–H groups in total. The zero-order valence-corrected chi connectivity index (χ0v) is 32.1. The molecule has 2 heteroatoms. The molecule has 7 aromatic rings. The number of rotatable bonds is 8. The lowest BCUT2D eigenvalue weighted by atomic mass is 9.82. The van der Waals surface area contributed by atoms with E-state index in [2.05, 4.69) is 195 Å². The van der Waals surface area contributed by atoms with Crippen LogP contribution in [0.5, 0.6) is 0 Å². The lowest BCUT2D eigenvalue weighted by Crippen LogP contribution is -2.16. The first-order valence-corrected chi connectivity index (χ1v) is 19.5. The molecule has 9 rings (SSSR count). The van der Waals surface area contributed by atoms with E-state index in [4.69, 9.17) is 0 Å². The van der Waals surface area contributed by atoms with Gasteiger partial charge in [-0.1, -0.05) is 155 Å². The zero-order valence-electron chi connectivity index (χ0n) is 32.1. The second-order valence-corrected chi connectivity index (χ2v) is 15.5. The van der Waals surface area contributed by atoms with Crippen LogP contribution in [0.2, 0.25) is 0 Å². The molecule has 1 aromatic heterocycles. The van der Waals surface area contributed by atoms with Crippen LogP contribution in [0.1, 0.15) is 50.8 Å². The number of fused-ring (bicyclic) bond motifs is 6. The topological polar surface area (TPSA) is 8.17 Å².